The molecule has 3 aromatic rings. The molecule has 1 heterocycles. The van der Waals surface area contributed by atoms with Crippen molar-refractivity contribution in [1.82, 2.24) is 4.98 Å². The Kier molecular flexibility index (Phi) is 3.48. The summed E-state index contributed by atoms with van der Waals surface area (Å²) in [4.78, 5) is 4.33. The van der Waals surface area contributed by atoms with Crippen LogP contribution in [0.15, 0.2) is 60.8 Å². The Morgan fingerprint density at radius 1 is 1.00 bits per heavy atom. The first kappa shape index (κ1) is 12.8. The number of fused-ring (bicyclic) bond motifs is 1. The van der Waals surface area contributed by atoms with Crippen LogP contribution in [0.3, 0.4) is 0 Å². The molecule has 0 spiro atoms. The second kappa shape index (κ2) is 5.43. The summed E-state index contributed by atoms with van der Waals surface area (Å²) in [5.74, 6) is 0. The number of aryl methyl sites for hydroxylation is 1. The lowest BCUT2D eigenvalue weighted by Crippen LogP contribution is -2.03. The second-order valence-corrected chi connectivity index (χ2v) is 5.12. The fourth-order valence-corrected chi connectivity index (χ4v) is 2.47. The van der Waals surface area contributed by atoms with E-state index in [9.17, 15) is 5.11 Å². The average Bonchev–Trinajstić information content (AvgIpc) is 2.49. The van der Waals surface area contributed by atoms with E-state index in [1.54, 1.807) is 6.20 Å². The maximum Gasteiger partial charge on any atom is 0.0837 e. The van der Waals surface area contributed by atoms with Crippen LogP contribution in [0.4, 0.5) is 0 Å². The molecule has 0 aliphatic carbocycles. The molecular weight excluding hydrogens is 246 g/mol. The Morgan fingerprint density at radius 2 is 1.75 bits per heavy atom. The summed E-state index contributed by atoms with van der Waals surface area (Å²) in [6.07, 6.45) is 1.87. The summed E-state index contributed by atoms with van der Waals surface area (Å²) >= 11 is 0. The number of pyridine rings is 1. The third kappa shape index (κ3) is 2.56. The van der Waals surface area contributed by atoms with Gasteiger partial charge in [0.25, 0.3) is 0 Å². The highest BCUT2D eigenvalue weighted by atomic mass is 16.3. The summed E-state index contributed by atoms with van der Waals surface area (Å²) < 4.78 is 0. The molecule has 0 radical (unpaired) electrons. The van der Waals surface area contributed by atoms with Gasteiger partial charge in [0.15, 0.2) is 0 Å². The molecule has 0 aliphatic rings. The van der Waals surface area contributed by atoms with Gasteiger partial charge < -0.3 is 5.11 Å². The number of hydrogen-bond acceptors (Lipinski definition) is 2. The number of benzene rings is 2. The number of hydrogen-bond donors (Lipinski definition) is 1. The first-order chi connectivity index (χ1) is 9.74. The molecule has 1 aromatic heterocycles. The number of aliphatic hydroxyl groups is 1. The van der Waals surface area contributed by atoms with Gasteiger partial charge in [0.05, 0.1) is 11.6 Å². The zero-order valence-electron chi connectivity index (χ0n) is 11.5. The number of aromatic nitrogens is 1. The molecule has 1 atom stereocenters. The maximum atomic E-state index is 10.5. The molecule has 20 heavy (non-hydrogen) atoms. The van der Waals surface area contributed by atoms with E-state index in [1.165, 1.54) is 5.56 Å². The molecule has 100 valence electrons. The van der Waals surface area contributed by atoms with Gasteiger partial charge in [-0.05, 0) is 30.2 Å². The van der Waals surface area contributed by atoms with Crippen molar-refractivity contribution in [3.05, 3.63) is 77.5 Å². The molecule has 3 rings (SSSR count). The summed E-state index contributed by atoms with van der Waals surface area (Å²) in [7, 11) is 0. The van der Waals surface area contributed by atoms with Crippen LogP contribution in [0.2, 0.25) is 0 Å². The number of para-hydroxylation sites is 1. The molecule has 2 aromatic carbocycles. The number of nitrogens with zero attached hydrogens (tertiary/aromatic N) is 1. The molecule has 0 fully saturated rings. The molecule has 2 nitrogen and oxygen atoms in total. The summed E-state index contributed by atoms with van der Waals surface area (Å²) in [5, 5.41) is 11.5. The summed E-state index contributed by atoms with van der Waals surface area (Å²) in [6.45, 7) is 2.07. The minimum Gasteiger partial charge on any atom is -0.388 e. The van der Waals surface area contributed by atoms with E-state index in [1.807, 2.05) is 30.3 Å². The molecule has 0 aliphatic heterocycles. The van der Waals surface area contributed by atoms with Crippen LogP contribution in [-0.2, 0) is 6.42 Å². The van der Waals surface area contributed by atoms with Gasteiger partial charge in [-0.2, -0.15) is 0 Å². The highest BCUT2D eigenvalue weighted by molar-refractivity contribution is 5.82. The van der Waals surface area contributed by atoms with E-state index < -0.39 is 6.10 Å². The highest BCUT2D eigenvalue weighted by Gasteiger charge is 2.12. The van der Waals surface area contributed by atoms with Gasteiger partial charge in [-0.1, -0.05) is 48.0 Å². The fraction of sp³-hybridized carbons (Fsp3) is 0.167. The van der Waals surface area contributed by atoms with Crippen molar-refractivity contribution >= 4 is 10.9 Å². The van der Waals surface area contributed by atoms with Crippen molar-refractivity contribution in [2.45, 2.75) is 19.4 Å². The van der Waals surface area contributed by atoms with Crippen molar-refractivity contribution < 1.29 is 5.11 Å². The maximum absolute atomic E-state index is 10.5. The molecule has 0 amide bonds. The molecule has 0 saturated heterocycles. The van der Waals surface area contributed by atoms with Gasteiger partial charge in [0.1, 0.15) is 0 Å². The first-order valence-corrected chi connectivity index (χ1v) is 6.81. The Hall–Kier alpha value is -2.19. The first-order valence-electron chi connectivity index (χ1n) is 6.81. The zero-order valence-corrected chi connectivity index (χ0v) is 11.5. The van der Waals surface area contributed by atoms with Crippen LogP contribution in [-0.4, -0.2) is 10.1 Å². The van der Waals surface area contributed by atoms with Gasteiger partial charge in [0.2, 0.25) is 0 Å². The SMILES string of the molecule is Cc1ccc(CC(O)c2ccnc3ccccc23)cc1. The number of rotatable bonds is 3. The van der Waals surface area contributed by atoms with Gasteiger partial charge in [-0.3, -0.25) is 4.98 Å². The van der Waals surface area contributed by atoms with Crippen molar-refractivity contribution in [1.29, 1.82) is 0 Å². The lowest BCUT2D eigenvalue weighted by atomic mass is 9.98. The lowest BCUT2D eigenvalue weighted by Gasteiger charge is -2.13. The Morgan fingerprint density at radius 3 is 2.55 bits per heavy atom. The molecular formula is C18H17NO. The largest absolute Gasteiger partial charge is 0.388 e. The van der Waals surface area contributed by atoms with E-state index in [4.69, 9.17) is 0 Å². The van der Waals surface area contributed by atoms with E-state index in [2.05, 4.69) is 36.2 Å². The predicted molar refractivity (Wildman–Crippen MR) is 81.6 cm³/mol. The van der Waals surface area contributed by atoms with Gasteiger partial charge in [-0.15, -0.1) is 0 Å². The third-order valence-electron chi connectivity index (χ3n) is 3.59. The third-order valence-corrected chi connectivity index (χ3v) is 3.59. The number of aliphatic hydroxyl groups excluding tert-OH is 1. The second-order valence-electron chi connectivity index (χ2n) is 5.12. The normalized spacial score (nSPS) is 12.5. The average molecular weight is 263 g/mol. The molecule has 1 unspecified atom stereocenters. The van der Waals surface area contributed by atoms with E-state index >= 15 is 0 Å². The topological polar surface area (TPSA) is 33.1 Å². The van der Waals surface area contributed by atoms with Crippen LogP contribution in [0.25, 0.3) is 10.9 Å². The van der Waals surface area contributed by atoms with Crippen LogP contribution in [0.1, 0.15) is 22.8 Å². The van der Waals surface area contributed by atoms with Crippen LogP contribution >= 0.6 is 0 Å². The molecule has 2 heteroatoms. The molecule has 0 bridgehead atoms. The van der Waals surface area contributed by atoms with E-state index in [0.29, 0.717) is 6.42 Å². The van der Waals surface area contributed by atoms with Crippen molar-refractivity contribution in [2.24, 2.45) is 0 Å². The fourth-order valence-electron chi connectivity index (χ4n) is 2.47. The smallest absolute Gasteiger partial charge is 0.0837 e. The standard InChI is InChI=1S/C18H17NO/c1-13-6-8-14(9-7-13)12-18(20)16-10-11-19-17-5-3-2-4-15(16)17/h2-11,18,20H,12H2,1H3. The minimum absolute atomic E-state index is 0.509. The van der Waals surface area contributed by atoms with Gasteiger partial charge in [0, 0.05) is 18.0 Å². The van der Waals surface area contributed by atoms with Crippen LogP contribution in [0, 0.1) is 6.92 Å². The Balaban J connectivity index is 1.92. The zero-order chi connectivity index (χ0) is 13.9. The van der Waals surface area contributed by atoms with Gasteiger partial charge >= 0.3 is 0 Å². The van der Waals surface area contributed by atoms with E-state index in [-0.39, 0.29) is 0 Å². The Bertz CT molecular complexity index is 714. The summed E-state index contributed by atoms with van der Waals surface area (Å²) in [5.41, 5.74) is 4.24. The summed E-state index contributed by atoms with van der Waals surface area (Å²) in [6, 6.07) is 18.1. The predicted octanol–water partition coefficient (Wildman–Crippen LogP) is 3.82. The van der Waals surface area contributed by atoms with E-state index in [0.717, 1.165) is 22.0 Å². The van der Waals surface area contributed by atoms with Crippen LogP contribution < -0.4 is 0 Å². The van der Waals surface area contributed by atoms with Gasteiger partial charge in [-0.25, -0.2) is 0 Å². The quantitative estimate of drug-likeness (QED) is 0.779. The highest BCUT2D eigenvalue weighted by Crippen LogP contribution is 2.25. The van der Waals surface area contributed by atoms with Crippen LogP contribution in [0.5, 0.6) is 0 Å². The van der Waals surface area contributed by atoms with Crippen molar-refractivity contribution in [3.8, 4) is 0 Å². The van der Waals surface area contributed by atoms with Crippen molar-refractivity contribution in [2.75, 3.05) is 0 Å². The lowest BCUT2D eigenvalue weighted by molar-refractivity contribution is 0.180. The van der Waals surface area contributed by atoms with Crippen molar-refractivity contribution in [3.63, 3.8) is 0 Å². The minimum atomic E-state index is -0.509. The molecule has 1 N–H and O–H groups in total. The monoisotopic (exact) mass is 263 g/mol. The Labute approximate surface area is 118 Å². The molecule has 0 saturated carbocycles.